The van der Waals surface area contributed by atoms with Crippen molar-refractivity contribution in [2.75, 3.05) is 26.5 Å². The third-order valence-electron chi connectivity index (χ3n) is 1.55. The fourth-order valence-electron chi connectivity index (χ4n) is 0.998. The molecule has 1 N–H and O–H groups in total. The van der Waals surface area contributed by atoms with Crippen molar-refractivity contribution in [1.82, 2.24) is 5.32 Å². The van der Waals surface area contributed by atoms with Gasteiger partial charge in [0.1, 0.15) is 0 Å². The Hall–Kier alpha value is -0.120. The highest BCUT2D eigenvalue weighted by Crippen LogP contribution is 1.99. The molecule has 0 spiro atoms. The third kappa shape index (κ3) is 3.70. The molecular formula is C8H17NO2. The van der Waals surface area contributed by atoms with E-state index in [0.717, 1.165) is 19.8 Å². The average molecular weight is 159 g/mol. The van der Waals surface area contributed by atoms with Gasteiger partial charge in [-0.05, 0) is 5.92 Å². The minimum absolute atomic E-state index is 0.272. The SMILES string of the molecule is CC(C)COCC1CNCO1. The van der Waals surface area contributed by atoms with E-state index < -0.39 is 0 Å². The van der Waals surface area contributed by atoms with Gasteiger partial charge >= 0.3 is 0 Å². The van der Waals surface area contributed by atoms with Gasteiger partial charge in [-0.3, -0.25) is 5.32 Å². The number of hydrogen-bond acceptors (Lipinski definition) is 3. The van der Waals surface area contributed by atoms with Crippen molar-refractivity contribution in [2.24, 2.45) is 5.92 Å². The molecular weight excluding hydrogens is 142 g/mol. The molecule has 1 rings (SSSR count). The molecule has 3 nitrogen and oxygen atoms in total. The second-order valence-corrected chi connectivity index (χ2v) is 3.32. The Balaban J connectivity index is 1.94. The Morgan fingerprint density at radius 1 is 1.64 bits per heavy atom. The zero-order valence-electron chi connectivity index (χ0n) is 7.30. The van der Waals surface area contributed by atoms with Crippen molar-refractivity contribution in [3.8, 4) is 0 Å². The fourth-order valence-corrected chi connectivity index (χ4v) is 0.998. The van der Waals surface area contributed by atoms with Crippen molar-refractivity contribution < 1.29 is 9.47 Å². The molecule has 0 aromatic heterocycles. The van der Waals surface area contributed by atoms with E-state index in [1.807, 2.05) is 0 Å². The fraction of sp³-hybridized carbons (Fsp3) is 1.00. The molecule has 1 fully saturated rings. The standard InChI is InChI=1S/C8H17NO2/c1-7(2)4-10-5-8-3-9-6-11-8/h7-9H,3-6H2,1-2H3. The van der Waals surface area contributed by atoms with Crippen LogP contribution in [0, 0.1) is 5.92 Å². The Bertz CT molecular complexity index is 100. The van der Waals surface area contributed by atoms with Crippen molar-refractivity contribution in [2.45, 2.75) is 20.0 Å². The van der Waals surface area contributed by atoms with Gasteiger partial charge in [0.05, 0.1) is 19.4 Å². The third-order valence-corrected chi connectivity index (χ3v) is 1.55. The lowest BCUT2D eigenvalue weighted by Crippen LogP contribution is -2.21. The van der Waals surface area contributed by atoms with Gasteiger partial charge in [0.25, 0.3) is 0 Å². The summed E-state index contributed by atoms with van der Waals surface area (Å²) in [6.45, 7) is 7.46. The van der Waals surface area contributed by atoms with Crippen LogP contribution >= 0.6 is 0 Å². The summed E-state index contributed by atoms with van der Waals surface area (Å²) in [5.74, 6) is 0.615. The van der Waals surface area contributed by atoms with Gasteiger partial charge in [0.15, 0.2) is 0 Å². The zero-order valence-corrected chi connectivity index (χ0v) is 7.30. The number of nitrogens with one attached hydrogen (secondary N) is 1. The van der Waals surface area contributed by atoms with Gasteiger partial charge < -0.3 is 9.47 Å². The quantitative estimate of drug-likeness (QED) is 0.651. The maximum absolute atomic E-state index is 5.41. The van der Waals surface area contributed by atoms with Crippen LogP contribution in [-0.4, -0.2) is 32.6 Å². The first-order chi connectivity index (χ1) is 5.29. The summed E-state index contributed by atoms with van der Waals surface area (Å²) in [5.41, 5.74) is 0. The summed E-state index contributed by atoms with van der Waals surface area (Å²) in [6, 6.07) is 0. The first-order valence-electron chi connectivity index (χ1n) is 4.19. The second kappa shape index (κ2) is 4.70. The van der Waals surface area contributed by atoms with E-state index in [9.17, 15) is 0 Å². The molecule has 1 atom stereocenters. The molecule has 0 aromatic carbocycles. The Labute approximate surface area is 68.1 Å². The van der Waals surface area contributed by atoms with Crippen LogP contribution in [0.5, 0.6) is 0 Å². The highest BCUT2D eigenvalue weighted by atomic mass is 16.5. The number of hydrogen-bond donors (Lipinski definition) is 1. The van der Waals surface area contributed by atoms with Crippen molar-refractivity contribution in [3.05, 3.63) is 0 Å². The molecule has 1 aliphatic heterocycles. The van der Waals surface area contributed by atoms with Gasteiger partial charge in [-0.2, -0.15) is 0 Å². The molecule has 1 heterocycles. The number of ether oxygens (including phenoxy) is 2. The lowest BCUT2D eigenvalue weighted by molar-refractivity contribution is 0.0125. The van der Waals surface area contributed by atoms with Crippen LogP contribution in [0.3, 0.4) is 0 Å². The molecule has 0 bridgehead atoms. The summed E-state index contributed by atoms with van der Waals surface area (Å²) in [4.78, 5) is 0. The molecule has 66 valence electrons. The van der Waals surface area contributed by atoms with Crippen LogP contribution < -0.4 is 5.32 Å². The topological polar surface area (TPSA) is 30.5 Å². The van der Waals surface area contributed by atoms with Gasteiger partial charge in [-0.15, -0.1) is 0 Å². The second-order valence-electron chi connectivity index (χ2n) is 3.32. The van der Waals surface area contributed by atoms with E-state index in [-0.39, 0.29) is 6.10 Å². The van der Waals surface area contributed by atoms with Crippen molar-refractivity contribution >= 4 is 0 Å². The highest BCUT2D eigenvalue weighted by Gasteiger charge is 2.14. The average Bonchev–Trinajstić information content (AvgIpc) is 2.39. The molecule has 0 amide bonds. The summed E-state index contributed by atoms with van der Waals surface area (Å²) < 4.78 is 10.7. The van der Waals surface area contributed by atoms with Gasteiger partial charge in [-0.25, -0.2) is 0 Å². The van der Waals surface area contributed by atoms with Crippen LogP contribution in [0.1, 0.15) is 13.8 Å². The van der Waals surface area contributed by atoms with E-state index in [1.165, 1.54) is 0 Å². The van der Waals surface area contributed by atoms with Crippen LogP contribution in [0.15, 0.2) is 0 Å². The maximum atomic E-state index is 5.41. The molecule has 11 heavy (non-hydrogen) atoms. The molecule has 0 radical (unpaired) electrons. The molecule has 0 saturated carbocycles. The lowest BCUT2D eigenvalue weighted by Gasteiger charge is -2.10. The summed E-state index contributed by atoms with van der Waals surface area (Å²) in [7, 11) is 0. The maximum Gasteiger partial charge on any atom is 0.0971 e. The van der Waals surface area contributed by atoms with Crippen molar-refractivity contribution in [3.63, 3.8) is 0 Å². The summed E-state index contributed by atoms with van der Waals surface area (Å²) in [5, 5.41) is 3.11. The predicted octanol–water partition coefficient (Wildman–Crippen LogP) is 0.605. The highest BCUT2D eigenvalue weighted by molar-refractivity contribution is 4.64. The molecule has 1 unspecified atom stereocenters. The summed E-state index contributed by atoms with van der Waals surface area (Å²) in [6.07, 6.45) is 0.272. The van der Waals surface area contributed by atoms with E-state index >= 15 is 0 Å². The van der Waals surface area contributed by atoms with E-state index in [0.29, 0.717) is 12.6 Å². The lowest BCUT2D eigenvalue weighted by atomic mass is 10.2. The Kier molecular flexibility index (Phi) is 3.83. The van der Waals surface area contributed by atoms with Crippen LogP contribution in [0.25, 0.3) is 0 Å². The van der Waals surface area contributed by atoms with E-state index in [4.69, 9.17) is 9.47 Å². The van der Waals surface area contributed by atoms with Crippen LogP contribution in [0.4, 0.5) is 0 Å². The van der Waals surface area contributed by atoms with Crippen molar-refractivity contribution in [1.29, 1.82) is 0 Å². The monoisotopic (exact) mass is 159 g/mol. The zero-order chi connectivity index (χ0) is 8.10. The first-order valence-corrected chi connectivity index (χ1v) is 4.19. The molecule has 1 saturated heterocycles. The van der Waals surface area contributed by atoms with Crippen LogP contribution in [-0.2, 0) is 9.47 Å². The molecule has 0 aromatic rings. The minimum Gasteiger partial charge on any atom is -0.378 e. The largest absolute Gasteiger partial charge is 0.378 e. The van der Waals surface area contributed by atoms with E-state index in [2.05, 4.69) is 19.2 Å². The number of rotatable bonds is 4. The van der Waals surface area contributed by atoms with Gasteiger partial charge in [-0.1, -0.05) is 13.8 Å². The summed E-state index contributed by atoms with van der Waals surface area (Å²) >= 11 is 0. The normalized spacial score (nSPS) is 24.8. The molecule has 3 heteroatoms. The van der Waals surface area contributed by atoms with E-state index in [1.54, 1.807) is 0 Å². The predicted molar refractivity (Wildman–Crippen MR) is 43.4 cm³/mol. The Morgan fingerprint density at radius 2 is 2.45 bits per heavy atom. The molecule has 0 aliphatic carbocycles. The Morgan fingerprint density at radius 3 is 3.00 bits per heavy atom. The minimum atomic E-state index is 0.272. The smallest absolute Gasteiger partial charge is 0.0971 e. The molecule has 1 aliphatic rings. The first kappa shape index (κ1) is 8.97. The van der Waals surface area contributed by atoms with Gasteiger partial charge in [0.2, 0.25) is 0 Å². The van der Waals surface area contributed by atoms with Crippen LogP contribution in [0.2, 0.25) is 0 Å². The van der Waals surface area contributed by atoms with Gasteiger partial charge in [0, 0.05) is 13.2 Å².